The van der Waals surface area contributed by atoms with Crippen molar-refractivity contribution < 1.29 is 9.53 Å². The van der Waals surface area contributed by atoms with E-state index in [-0.39, 0.29) is 11.5 Å². The van der Waals surface area contributed by atoms with Crippen molar-refractivity contribution in [3.8, 4) is 17.0 Å². The van der Waals surface area contributed by atoms with E-state index in [9.17, 15) is 9.59 Å². The van der Waals surface area contributed by atoms with Crippen LogP contribution >= 0.6 is 15.9 Å². The first-order chi connectivity index (χ1) is 13.6. The highest BCUT2D eigenvalue weighted by Crippen LogP contribution is 2.19. The van der Waals surface area contributed by atoms with Crippen molar-refractivity contribution in [2.45, 2.75) is 13.5 Å². The molecule has 0 fully saturated rings. The van der Waals surface area contributed by atoms with Gasteiger partial charge < -0.3 is 10.1 Å². The van der Waals surface area contributed by atoms with Crippen molar-refractivity contribution in [3.05, 3.63) is 81.3 Å². The molecule has 0 radical (unpaired) electrons. The Balaban J connectivity index is 1.60. The minimum absolute atomic E-state index is 0.170. The lowest BCUT2D eigenvalue weighted by atomic mass is 10.1. The summed E-state index contributed by atoms with van der Waals surface area (Å²) in [6, 6.07) is 16.0. The highest BCUT2D eigenvalue weighted by Gasteiger charge is 2.06. The standard InChI is InChI=1S/C21H20BrN3O3/c1-2-28-18-9-5-15(6-10-18)19-13-20(26)25(14-24-19)12-11-23-21(27)16-3-7-17(22)8-4-16/h3-10,13-14H,2,11-12H2,1H3,(H,23,27). The molecular weight excluding hydrogens is 422 g/mol. The third-order valence-corrected chi connectivity index (χ3v) is 4.61. The number of hydrogen-bond donors (Lipinski definition) is 1. The van der Waals surface area contributed by atoms with E-state index in [4.69, 9.17) is 4.74 Å². The molecule has 0 saturated heterocycles. The predicted octanol–water partition coefficient (Wildman–Crippen LogP) is 3.50. The zero-order chi connectivity index (χ0) is 19.9. The van der Waals surface area contributed by atoms with Crippen LogP contribution in [0, 0.1) is 0 Å². The molecular formula is C21H20BrN3O3. The highest BCUT2D eigenvalue weighted by atomic mass is 79.9. The number of hydrogen-bond acceptors (Lipinski definition) is 4. The minimum Gasteiger partial charge on any atom is -0.494 e. The second-order valence-corrected chi connectivity index (χ2v) is 6.94. The molecule has 28 heavy (non-hydrogen) atoms. The average Bonchev–Trinajstić information content (AvgIpc) is 2.70. The predicted molar refractivity (Wildman–Crippen MR) is 112 cm³/mol. The van der Waals surface area contributed by atoms with Crippen LogP contribution in [0.3, 0.4) is 0 Å². The van der Waals surface area contributed by atoms with E-state index < -0.39 is 0 Å². The van der Waals surface area contributed by atoms with Crippen LogP contribution in [0.4, 0.5) is 0 Å². The lowest BCUT2D eigenvalue weighted by Crippen LogP contribution is -2.30. The van der Waals surface area contributed by atoms with E-state index in [2.05, 4.69) is 26.2 Å². The van der Waals surface area contributed by atoms with Crippen LogP contribution in [-0.2, 0) is 6.54 Å². The number of nitrogens with one attached hydrogen (secondary N) is 1. The quantitative estimate of drug-likeness (QED) is 0.608. The number of benzene rings is 2. The molecule has 6 nitrogen and oxygen atoms in total. The van der Waals surface area contributed by atoms with Crippen LogP contribution < -0.4 is 15.6 Å². The fourth-order valence-electron chi connectivity index (χ4n) is 2.63. The molecule has 1 N–H and O–H groups in total. The molecule has 0 unspecified atom stereocenters. The molecule has 1 heterocycles. The highest BCUT2D eigenvalue weighted by molar-refractivity contribution is 9.10. The maximum Gasteiger partial charge on any atom is 0.253 e. The van der Waals surface area contributed by atoms with Crippen LogP contribution in [0.15, 0.2) is 70.2 Å². The number of nitrogens with zero attached hydrogens (tertiary/aromatic N) is 2. The first kappa shape index (κ1) is 19.8. The molecule has 3 aromatic rings. The zero-order valence-electron chi connectivity index (χ0n) is 15.4. The van der Waals surface area contributed by atoms with Gasteiger partial charge in [-0.15, -0.1) is 0 Å². The third-order valence-electron chi connectivity index (χ3n) is 4.09. The second-order valence-electron chi connectivity index (χ2n) is 6.03. The summed E-state index contributed by atoms with van der Waals surface area (Å²) in [4.78, 5) is 28.8. The first-order valence-electron chi connectivity index (χ1n) is 8.90. The van der Waals surface area contributed by atoms with E-state index in [1.807, 2.05) is 43.3 Å². The summed E-state index contributed by atoms with van der Waals surface area (Å²) in [7, 11) is 0. The van der Waals surface area contributed by atoms with E-state index in [1.165, 1.54) is 17.0 Å². The molecule has 144 valence electrons. The van der Waals surface area contributed by atoms with Gasteiger partial charge in [-0.1, -0.05) is 15.9 Å². The topological polar surface area (TPSA) is 73.2 Å². The van der Waals surface area contributed by atoms with Crippen molar-refractivity contribution >= 4 is 21.8 Å². The lowest BCUT2D eigenvalue weighted by Gasteiger charge is -2.09. The number of rotatable bonds is 7. The van der Waals surface area contributed by atoms with Gasteiger partial charge in [0.15, 0.2) is 0 Å². The second kappa shape index (κ2) is 9.32. The van der Waals surface area contributed by atoms with E-state index >= 15 is 0 Å². The van der Waals surface area contributed by atoms with Crippen LogP contribution in [0.2, 0.25) is 0 Å². The van der Waals surface area contributed by atoms with Crippen LogP contribution in [0.25, 0.3) is 11.3 Å². The molecule has 0 bridgehead atoms. The Labute approximate surface area is 171 Å². The Hall–Kier alpha value is -2.93. The number of carbonyl (C=O) groups is 1. The first-order valence-corrected chi connectivity index (χ1v) is 9.69. The van der Waals surface area contributed by atoms with E-state index in [0.717, 1.165) is 15.8 Å². The van der Waals surface area contributed by atoms with Gasteiger partial charge in [0.05, 0.1) is 18.6 Å². The van der Waals surface area contributed by atoms with Crippen LogP contribution in [0.5, 0.6) is 5.75 Å². The summed E-state index contributed by atoms with van der Waals surface area (Å²) >= 11 is 3.34. The normalized spacial score (nSPS) is 10.5. The van der Waals surface area contributed by atoms with Gasteiger partial charge in [-0.2, -0.15) is 0 Å². The zero-order valence-corrected chi connectivity index (χ0v) is 17.0. The molecule has 2 aromatic carbocycles. The van der Waals surface area contributed by atoms with Gasteiger partial charge in [0.25, 0.3) is 11.5 Å². The van der Waals surface area contributed by atoms with Gasteiger partial charge in [0, 0.05) is 34.8 Å². The van der Waals surface area contributed by atoms with Crippen LogP contribution in [-0.4, -0.2) is 28.6 Å². The molecule has 7 heteroatoms. The summed E-state index contributed by atoms with van der Waals surface area (Å²) in [6.07, 6.45) is 1.50. The minimum atomic E-state index is -0.181. The maximum atomic E-state index is 12.3. The number of carbonyl (C=O) groups excluding carboxylic acids is 1. The van der Waals surface area contributed by atoms with Crippen molar-refractivity contribution in [2.75, 3.05) is 13.2 Å². The summed E-state index contributed by atoms with van der Waals surface area (Å²) < 4.78 is 7.80. The molecule has 1 aromatic heterocycles. The van der Waals surface area contributed by atoms with Crippen molar-refractivity contribution in [1.29, 1.82) is 0 Å². The Morgan fingerprint density at radius 2 is 1.86 bits per heavy atom. The third kappa shape index (κ3) is 5.07. The summed E-state index contributed by atoms with van der Waals surface area (Å²) in [5, 5.41) is 2.80. The fourth-order valence-corrected chi connectivity index (χ4v) is 2.90. The van der Waals surface area contributed by atoms with Gasteiger partial charge in [-0.25, -0.2) is 4.98 Å². The molecule has 1 amide bonds. The largest absolute Gasteiger partial charge is 0.494 e. The number of ether oxygens (including phenoxy) is 1. The molecule has 0 spiro atoms. The summed E-state index contributed by atoms with van der Waals surface area (Å²) in [6.45, 7) is 3.21. The van der Waals surface area contributed by atoms with Gasteiger partial charge in [-0.05, 0) is 55.5 Å². The van der Waals surface area contributed by atoms with E-state index in [1.54, 1.807) is 12.1 Å². The van der Waals surface area contributed by atoms with E-state index in [0.29, 0.717) is 31.0 Å². The van der Waals surface area contributed by atoms with Gasteiger partial charge in [-0.3, -0.25) is 14.2 Å². The molecule has 3 rings (SSSR count). The van der Waals surface area contributed by atoms with Gasteiger partial charge in [0.2, 0.25) is 0 Å². The van der Waals surface area contributed by atoms with Gasteiger partial charge >= 0.3 is 0 Å². The van der Waals surface area contributed by atoms with Gasteiger partial charge in [0.1, 0.15) is 5.75 Å². The van der Waals surface area contributed by atoms with Crippen LogP contribution in [0.1, 0.15) is 17.3 Å². The lowest BCUT2D eigenvalue weighted by molar-refractivity contribution is 0.0952. The average molecular weight is 442 g/mol. The Morgan fingerprint density at radius 1 is 1.14 bits per heavy atom. The SMILES string of the molecule is CCOc1ccc(-c2cc(=O)n(CCNC(=O)c3ccc(Br)cc3)cn2)cc1. The molecule has 0 saturated carbocycles. The fraction of sp³-hybridized carbons (Fsp3) is 0.190. The Kier molecular flexibility index (Phi) is 6.60. The summed E-state index contributed by atoms with van der Waals surface area (Å²) in [5.74, 6) is 0.598. The van der Waals surface area contributed by atoms with Crippen molar-refractivity contribution in [2.24, 2.45) is 0 Å². The maximum absolute atomic E-state index is 12.3. The van der Waals surface area contributed by atoms with Crippen molar-refractivity contribution in [3.63, 3.8) is 0 Å². The Bertz CT molecular complexity index is 999. The van der Waals surface area contributed by atoms with Crippen molar-refractivity contribution in [1.82, 2.24) is 14.9 Å². The number of amides is 1. The molecule has 0 aliphatic heterocycles. The summed E-state index contributed by atoms with van der Waals surface area (Å²) in [5.41, 5.74) is 1.84. The molecule has 0 aliphatic rings. The molecule has 0 aliphatic carbocycles. The smallest absolute Gasteiger partial charge is 0.253 e. The molecule has 0 atom stereocenters. The Morgan fingerprint density at radius 3 is 2.50 bits per heavy atom. The number of aromatic nitrogens is 2. The monoisotopic (exact) mass is 441 g/mol. The number of halogens is 1.